The molecular formula is C17H27NO. The van der Waals surface area contributed by atoms with Gasteiger partial charge in [0.05, 0.1) is 6.10 Å². The van der Waals surface area contributed by atoms with Crippen LogP contribution in [0.15, 0.2) is 30.3 Å². The lowest BCUT2D eigenvalue weighted by molar-refractivity contribution is 0.0756. The molecule has 2 nitrogen and oxygen atoms in total. The van der Waals surface area contributed by atoms with E-state index in [1.165, 1.54) is 24.8 Å². The maximum absolute atomic E-state index is 9.64. The van der Waals surface area contributed by atoms with Gasteiger partial charge in [0.2, 0.25) is 0 Å². The van der Waals surface area contributed by atoms with Crippen molar-refractivity contribution in [3.05, 3.63) is 35.9 Å². The van der Waals surface area contributed by atoms with Gasteiger partial charge in [0.15, 0.2) is 0 Å². The molecule has 1 fully saturated rings. The number of rotatable bonds is 5. The van der Waals surface area contributed by atoms with Crippen LogP contribution in [-0.4, -0.2) is 36.2 Å². The van der Waals surface area contributed by atoms with E-state index in [4.69, 9.17) is 0 Å². The fraction of sp³-hybridized carbons (Fsp3) is 0.647. The predicted molar refractivity (Wildman–Crippen MR) is 80.2 cm³/mol. The van der Waals surface area contributed by atoms with Crippen molar-refractivity contribution in [1.29, 1.82) is 0 Å². The molecule has 1 aromatic rings. The third-order valence-corrected chi connectivity index (χ3v) is 4.52. The van der Waals surface area contributed by atoms with Crippen LogP contribution in [0.4, 0.5) is 0 Å². The van der Waals surface area contributed by atoms with Crippen LogP contribution in [0.3, 0.4) is 0 Å². The van der Waals surface area contributed by atoms with Gasteiger partial charge < -0.3 is 10.0 Å². The number of nitrogens with zero attached hydrogens (tertiary/aromatic N) is 1. The Kier molecular flexibility index (Phi) is 5.41. The van der Waals surface area contributed by atoms with Gasteiger partial charge in [0.25, 0.3) is 0 Å². The molecule has 19 heavy (non-hydrogen) atoms. The lowest BCUT2D eigenvalue weighted by Crippen LogP contribution is -2.38. The van der Waals surface area contributed by atoms with E-state index < -0.39 is 0 Å². The molecule has 2 heteroatoms. The molecule has 1 saturated carbocycles. The topological polar surface area (TPSA) is 23.5 Å². The minimum Gasteiger partial charge on any atom is -0.393 e. The summed E-state index contributed by atoms with van der Waals surface area (Å²) in [6.07, 6.45) is 6.66. The van der Waals surface area contributed by atoms with Gasteiger partial charge in [-0.25, -0.2) is 0 Å². The van der Waals surface area contributed by atoms with Gasteiger partial charge in [-0.1, -0.05) is 30.3 Å². The van der Waals surface area contributed by atoms with Gasteiger partial charge in [-0.05, 0) is 64.1 Å². The molecule has 1 unspecified atom stereocenters. The maximum atomic E-state index is 9.64. The minimum absolute atomic E-state index is 0.0480. The van der Waals surface area contributed by atoms with E-state index >= 15 is 0 Å². The van der Waals surface area contributed by atoms with E-state index in [0.717, 1.165) is 25.2 Å². The van der Waals surface area contributed by atoms with Crippen LogP contribution in [0, 0.1) is 5.92 Å². The second kappa shape index (κ2) is 7.06. The molecule has 1 aliphatic rings. The van der Waals surface area contributed by atoms with Crippen LogP contribution >= 0.6 is 0 Å². The highest BCUT2D eigenvalue weighted by Crippen LogP contribution is 2.30. The largest absolute Gasteiger partial charge is 0.393 e. The summed E-state index contributed by atoms with van der Waals surface area (Å²) in [5, 5.41) is 9.64. The van der Waals surface area contributed by atoms with Crippen LogP contribution in [-0.2, 0) is 6.42 Å². The Morgan fingerprint density at radius 2 is 1.74 bits per heavy atom. The van der Waals surface area contributed by atoms with Crippen molar-refractivity contribution in [1.82, 2.24) is 4.90 Å². The van der Waals surface area contributed by atoms with E-state index in [2.05, 4.69) is 49.3 Å². The van der Waals surface area contributed by atoms with Gasteiger partial charge >= 0.3 is 0 Å². The van der Waals surface area contributed by atoms with E-state index in [1.54, 1.807) is 0 Å². The summed E-state index contributed by atoms with van der Waals surface area (Å²) < 4.78 is 0. The monoisotopic (exact) mass is 261 g/mol. The zero-order valence-corrected chi connectivity index (χ0v) is 12.3. The van der Waals surface area contributed by atoms with Crippen molar-refractivity contribution >= 4 is 0 Å². The molecule has 0 aliphatic heterocycles. The average Bonchev–Trinajstić information content (AvgIpc) is 2.42. The van der Waals surface area contributed by atoms with Gasteiger partial charge in [-0.15, -0.1) is 0 Å². The van der Waals surface area contributed by atoms with E-state index in [9.17, 15) is 5.11 Å². The Labute approximate surface area is 117 Å². The molecule has 0 aromatic heterocycles. The normalized spacial score (nSPS) is 25.5. The number of aliphatic hydroxyl groups excluding tert-OH is 1. The smallest absolute Gasteiger partial charge is 0.0540 e. The van der Waals surface area contributed by atoms with Crippen LogP contribution in [0.25, 0.3) is 0 Å². The standard InChI is InChI=1S/C17H27NO/c1-18(2)17(15-9-11-16(19)12-10-15)13-8-14-6-4-3-5-7-14/h3-7,15-17,19H,8-13H2,1-2H3. The molecule has 0 heterocycles. The number of hydrogen-bond acceptors (Lipinski definition) is 2. The molecule has 106 valence electrons. The number of aryl methyl sites for hydroxylation is 1. The summed E-state index contributed by atoms with van der Waals surface area (Å²) in [6.45, 7) is 0. The summed E-state index contributed by atoms with van der Waals surface area (Å²) in [7, 11) is 4.39. The molecule has 1 N–H and O–H groups in total. The zero-order chi connectivity index (χ0) is 13.7. The molecule has 0 saturated heterocycles. The van der Waals surface area contributed by atoms with Gasteiger partial charge in [-0.2, -0.15) is 0 Å². The first kappa shape index (κ1) is 14.5. The highest BCUT2D eigenvalue weighted by molar-refractivity contribution is 5.14. The lowest BCUT2D eigenvalue weighted by Gasteiger charge is -2.36. The molecule has 0 amide bonds. The quantitative estimate of drug-likeness (QED) is 0.880. The fourth-order valence-electron chi connectivity index (χ4n) is 3.36. The number of hydrogen-bond donors (Lipinski definition) is 1. The van der Waals surface area contributed by atoms with Crippen LogP contribution in [0.1, 0.15) is 37.7 Å². The molecule has 1 atom stereocenters. The maximum Gasteiger partial charge on any atom is 0.0540 e. The van der Waals surface area contributed by atoms with Crippen LogP contribution in [0.5, 0.6) is 0 Å². The Morgan fingerprint density at radius 3 is 2.32 bits per heavy atom. The van der Waals surface area contributed by atoms with Crippen molar-refractivity contribution in [2.45, 2.75) is 50.7 Å². The summed E-state index contributed by atoms with van der Waals surface area (Å²) in [4.78, 5) is 2.38. The van der Waals surface area contributed by atoms with Crippen molar-refractivity contribution in [2.24, 2.45) is 5.92 Å². The summed E-state index contributed by atoms with van der Waals surface area (Å²) in [5.41, 5.74) is 1.44. The zero-order valence-electron chi connectivity index (χ0n) is 12.3. The van der Waals surface area contributed by atoms with E-state index in [1.807, 2.05) is 0 Å². The van der Waals surface area contributed by atoms with Crippen molar-refractivity contribution < 1.29 is 5.11 Å². The lowest BCUT2D eigenvalue weighted by atomic mass is 9.80. The fourth-order valence-corrected chi connectivity index (χ4v) is 3.36. The van der Waals surface area contributed by atoms with Gasteiger partial charge in [0.1, 0.15) is 0 Å². The Hall–Kier alpha value is -0.860. The summed E-state index contributed by atoms with van der Waals surface area (Å²) >= 11 is 0. The number of benzene rings is 1. The van der Waals surface area contributed by atoms with Crippen molar-refractivity contribution in [2.75, 3.05) is 14.1 Å². The minimum atomic E-state index is -0.0480. The van der Waals surface area contributed by atoms with E-state index in [0.29, 0.717) is 6.04 Å². The summed E-state index contributed by atoms with van der Waals surface area (Å²) in [5.74, 6) is 0.752. The SMILES string of the molecule is CN(C)C(CCc1ccccc1)C1CCC(O)CC1. The van der Waals surface area contributed by atoms with E-state index in [-0.39, 0.29) is 6.10 Å². The second-order valence-corrected chi connectivity index (χ2v) is 6.12. The third-order valence-electron chi connectivity index (χ3n) is 4.52. The summed E-state index contributed by atoms with van der Waals surface area (Å²) in [6, 6.07) is 11.4. The Bertz CT molecular complexity index is 355. The molecule has 0 radical (unpaired) electrons. The Morgan fingerprint density at radius 1 is 1.11 bits per heavy atom. The molecule has 0 spiro atoms. The van der Waals surface area contributed by atoms with Gasteiger partial charge in [-0.3, -0.25) is 0 Å². The molecule has 1 aromatic carbocycles. The first-order valence-electron chi connectivity index (χ1n) is 7.55. The highest BCUT2D eigenvalue weighted by Gasteiger charge is 2.27. The van der Waals surface area contributed by atoms with Crippen molar-refractivity contribution in [3.8, 4) is 0 Å². The Balaban J connectivity index is 1.89. The average molecular weight is 261 g/mol. The first-order valence-corrected chi connectivity index (χ1v) is 7.55. The first-order chi connectivity index (χ1) is 9.16. The van der Waals surface area contributed by atoms with Crippen LogP contribution in [0.2, 0.25) is 0 Å². The highest BCUT2D eigenvalue weighted by atomic mass is 16.3. The van der Waals surface area contributed by atoms with Crippen molar-refractivity contribution in [3.63, 3.8) is 0 Å². The van der Waals surface area contributed by atoms with Gasteiger partial charge in [0, 0.05) is 6.04 Å². The molecule has 2 rings (SSSR count). The van der Waals surface area contributed by atoms with Crippen LogP contribution < -0.4 is 0 Å². The third kappa shape index (κ3) is 4.32. The second-order valence-electron chi connectivity index (χ2n) is 6.12. The molecule has 1 aliphatic carbocycles. The molecular weight excluding hydrogens is 234 g/mol. The molecule has 0 bridgehead atoms. The number of aliphatic hydroxyl groups is 1. The predicted octanol–water partition coefficient (Wildman–Crippen LogP) is 3.10.